The Morgan fingerprint density at radius 3 is 2.97 bits per heavy atom. The number of rotatable bonds is 6. The summed E-state index contributed by atoms with van der Waals surface area (Å²) in [6, 6.07) is 9.45. The van der Waals surface area contributed by atoms with Crippen LogP contribution >= 0.6 is 11.3 Å². The fourth-order valence-electron chi connectivity index (χ4n) is 3.38. The number of tetrazole rings is 1. The SMILES string of the molecule is COCCN(Cc1cc2cc3c(cc2n2nnnc12)OCO3)C(=O)c1cccs1. The normalized spacial score (nSPS) is 12.7. The molecule has 0 bridgehead atoms. The van der Waals surface area contributed by atoms with Crippen molar-refractivity contribution in [3.8, 4) is 11.5 Å². The van der Waals surface area contributed by atoms with E-state index in [1.807, 2.05) is 35.7 Å². The molecule has 1 aromatic carbocycles. The number of carbonyl (C=O) groups is 1. The molecular weight excluding hydrogens is 394 g/mol. The van der Waals surface area contributed by atoms with Crippen molar-refractivity contribution in [1.82, 2.24) is 24.9 Å². The predicted molar refractivity (Wildman–Crippen MR) is 105 cm³/mol. The van der Waals surface area contributed by atoms with Crippen molar-refractivity contribution in [3.05, 3.63) is 46.2 Å². The lowest BCUT2D eigenvalue weighted by atomic mass is 10.1. The summed E-state index contributed by atoms with van der Waals surface area (Å²) in [5, 5.41) is 14.9. The van der Waals surface area contributed by atoms with Gasteiger partial charge in [0.1, 0.15) is 0 Å². The monoisotopic (exact) mass is 411 g/mol. The van der Waals surface area contributed by atoms with E-state index in [0.29, 0.717) is 41.7 Å². The number of hydrogen-bond acceptors (Lipinski definition) is 8. The second-order valence-corrected chi connectivity index (χ2v) is 7.49. The summed E-state index contributed by atoms with van der Waals surface area (Å²) in [4.78, 5) is 15.4. The molecule has 10 heteroatoms. The number of hydrogen-bond donors (Lipinski definition) is 0. The molecule has 1 aliphatic rings. The van der Waals surface area contributed by atoms with Crippen molar-refractivity contribution in [2.75, 3.05) is 27.1 Å². The highest BCUT2D eigenvalue weighted by atomic mass is 32.1. The zero-order valence-corrected chi connectivity index (χ0v) is 16.4. The first-order chi connectivity index (χ1) is 14.2. The third-order valence-electron chi connectivity index (χ3n) is 4.78. The highest BCUT2D eigenvalue weighted by Gasteiger charge is 2.22. The summed E-state index contributed by atoms with van der Waals surface area (Å²) >= 11 is 1.42. The number of aromatic nitrogens is 4. The zero-order valence-electron chi connectivity index (χ0n) is 15.6. The van der Waals surface area contributed by atoms with Gasteiger partial charge in [-0.2, -0.15) is 4.52 Å². The molecule has 9 nitrogen and oxygen atoms in total. The largest absolute Gasteiger partial charge is 0.454 e. The van der Waals surface area contributed by atoms with Gasteiger partial charge in [0.25, 0.3) is 5.91 Å². The summed E-state index contributed by atoms with van der Waals surface area (Å²) in [5.74, 6) is 1.30. The molecule has 4 heterocycles. The minimum atomic E-state index is -0.0477. The Balaban J connectivity index is 1.57. The molecule has 3 aromatic heterocycles. The lowest BCUT2D eigenvalue weighted by Crippen LogP contribution is -2.33. The Morgan fingerprint density at radius 1 is 1.31 bits per heavy atom. The third-order valence-corrected chi connectivity index (χ3v) is 5.64. The topological polar surface area (TPSA) is 91.1 Å². The smallest absolute Gasteiger partial charge is 0.264 e. The fraction of sp³-hybridized carbons (Fsp3) is 0.263. The van der Waals surface area contributed by atoms with E-state index >= 15 is 0 Å². The number of ether oxygens (including phenoxy) is 3. The average molecular weight is 411 g/mol. The molecule has 0 atom stereocenters. The van der Waals surface area contributed by atoms with Crippen molar-refractivity contribution in [2.24, 2.45) is 0 Å². The fourth-order valence-corrected chi connectivity index (χ4v) is 4.07. The summed E-state index contributed by atoms with van der Waals surface area (Å²) in [7, 11) is 1.62. The van der Waals surface area contributed by atoms with E-state index < -0.39 is 0 Å². The van der Waals surface area contributed by atoms with Gasteiger partial charge in [0.15, 0.2) is 17.1 Å². The first-order valence-corrected chi connectivity index (χ1v) is 9.87. The van der Waals surface area contributed by atoms with Crippen molar-refractivity contribution in [2.45, 2.75) is 6.54 Å². The Morgan fingerprint density at radius 2 is 2.17 bits per heavy atom. The van der Waals surface area contributed by atoms with Crippen LogP contribution in [-0.4, -0.2) is 57.9 Å². The quantitative estimate of drug-likeness (QED) is 0.481. The highest BCUT2D eigenvalue weighted by molar-refractivity contribution is 7.12. The summed E-state index contributed by atoms with van der Waals surface area (Å²) in [6.07, 6.45) is 0. The zero-order chi connectivity index (χ0) is 19.8. The van der Waals surface area contributed by atoms with Crippen molar-refractivity contribution in [3.63, 3.8) is 0 Å². The molecule has 0 aliphatic carbocycles. The molecule has 5 rings (SSSR count). The van der Waals surface area contributed by atoms with Crippen LogP contribution in [0.25, 0.3) is 16.6 Å². The van der Waals surface area contributed by atoms with Gasteiger partial charge in [0.2, 0.25) is 6.79 Å². The molecule has 1 amide bonds. The molecular formula is C19H17N5O4S. The van der Waals surface area contributed by atoms with Gasteiger partial charge in [-0.3, -0.25) is 4.79 Å². The van der Waals surface area contributed by atoms with Gasteiger partial charge in [0, 0.05) is 37.2 Å². The van der Waals surface area contributed by atoms with Crippen LogP contribution in [0, 0.1) is 0 Å². The van der Waals surface area contributed by atoms with E-state index in [1.54, 1.807) is 16.5 Å². The first kappa shape index (κ1) is 17.8. The number of carbonyl (C=O) groups excluding carboxylic acids is 1. The second-order valence-electron chi connectivity index (χ2n) is 6.54. The number of pyridine rings is 1. The number of benzene rings is 1. The van der Waals surface area contributed by atoms with Crippen LogP contribution in [-0.2, 0) is 11.3 Å². The number of thiophene rings is 1. The van der Waals surface area contributed by atoms with Crippen LogP contribution in [0.1, 0.15) is 15.2 Å². The Kier molecular flexibility index (Phi) is 4.49. The second kappa shape index (κ2) is 7.30. The van der Waals surface area contributed by atoms with Crippen molar-refractivity contribution in [1.29, 1.82) is 0 Å². The van der Waals surface area contributed by atoms with Gasteiger partial charge < -0.3 is 19.1 Å². The predicted octanol–water partition coefficient (Wildman–Crippen LogP) is 2.36. The van der Waals surface area contributed by atoms with E-state index in [-0.39, 0.29) is 12.7 Å². The third kappa shape index (κ3) is 3.15. The lowest BCUT2D eigenvalue weighted by molar-refractivity contribution is 0.0686. The molecule has 0 fully saturated rings. The maximum atomic E-state index is 13.0. The van der Waals surface area contributed by atoms with Gasteiger partial charge in [-0.05, 0) is 34.0 Å². The molecule has 0 saturated carbocycles. The van der Waals surface area contributed by atoms with E-state index in [4.69, 9.17) is 14.2 Å². The summed E-state index contributed by atoms with van der Waals surface area (Å²) in [6.45, 7) is 1.44. The molecule has 148 valence electrons. The van der Waals surface area contributed by atoms with Gasteiger partial charge in [-0.1, -0.05) is 6.07 Å². The standard InChI is InChI=1S/C19H17N5O4S/c1-26-5-4-23(19(25)17-3-2-6-29-17)10-13-7-12-8-15-16(28-11-27-15)9-14(12)24-18(13)20-21-22-24/h2-3,6-9H,4-5,10-11H2,1H3. The van der Waals surface area contributed by atoms with Crippen LogP contribution < -0.4 is 9.47 Å². The van der Waals surface area contributed by atoms with E-state index in [1.165, 1.54) is 11.3 Å². The lowest BCUT2D eigenvalue weighted by Gasteiger charge is -2.22. The van der Waals surface area contributed by atoms with Gasteiger partial charge in [-0.15, -0.1) is 16.4 Å². The van der Waals surface area contributed by atoms with Gasteiger partial charge in [-0.25, -0.2) is 0 Å². The number of nitrogens with zero attached hydrogens (tertiary/aromatic N) is 5. The first-order valence-electron chi connectivity index (χ1n) is 8.99. The van der Waals surface area contributed by atoms with Crippen molar-refractivity contribution < 1.29 is 19.0 Å². The maximum absolute atomic E-state index is 13.0. The van der Waals surface area contributed by atoms with Crippen LogP contribution in [0.4, 0.5) is 0 Å². The summed E-state index contributed by atoms with van der Waals surface area (Å²) < 4.78 is 17.8. The Bertz CT molecular complexity index is 1190. The molecule has 0 spiro atoms. The Labute approximate surface area is 169 Å². The highest BCUT2D eigenvalue weighted by Crippen LogP contribution is 2.36. The number of fused-ring (bicyclic) bond motifs is 4. The van der Waals surface area contributed by atoms with Crippen molar-refractivity contribution >= 4 is 33.8 Å². The molecule has 29 heavy (non-hydrogen) atoms. The molecule has 0 saturated heterocycles. The maximum Gasteiger partial charge on any atom is 0.264 e. The minimum absolute atomic E-state index is 0.0477. The number of methoxy groups -OCH3 is 1. The van der Waals surface area contributed by atoms with E-state index in [0.717, 1.165) is 16.5 Å². The van der Waals surface area contributed by atoms with Crippen LogP contribution in [0.3, 0.4) is 0 Å². The van der Waals surface area contributed by atoms with Gasteiger partial charge >= 0.3 is 0 Å². The molecule has 0 N–H and O–H groups in total. The van der Waals surface area contributed by atoms with Gasteiger partial charge in [0.05, 0.1) is 17.0 Å². The molecule has 0 unspecified atom stereocenters. The van der Waals surface area contributed by atoms with E-state index in [9.17, 15) is 4.79 Å². The minimum Gasteiger partial charge on any atom is -0.454 e. The van der Waals surface area contributed by atoms with Crippen LogP contribution in [0.5, 0.6) is 11.5 Å². The van der Waals surface area contributed by atoms with Crippen LogP contribution in [0.2, 0.25) is 0 Å². The summed E-state index contributed by atoms with van der Waals surface area (Å²) in [5.41, 5.74) is 2.24. The van der Waals surface area contributed by atoms with E-state index in [2.05, 4.69) is 15.5 Å². The number of amides is 1. The molecule has 0 radical (unpaired) electrons. The Hall–Kier alpha value is -3.24. The molecule has 4 aromatic rings. The van der Waals surface area contributed by atoms with Crippen LogP contribution in [0.15, 0.2) is 35.7 Å². The average Bonchev–Trinajstić information content (AvgIpc) is 3.49. The molecule has 1 aliphatic heterocycles.